The van der Waals surface area contributed by atoms with E-state index in [0.29, 0.717) is 43.7 Å². The molecule has 2 fully saturated rings. The van der Waals surface area contributed by atoms with Crippen LogP contribution in [0.5, 0.6) is 0 Å². The number of piperidine rings is 1. The molecule has 162 valence electrons. The van der Waals surface area contributed by atoms with Crippen LogP contribution in [0.15, 0.2) is 47.4 Å². The first-order valence-electron chi connectivity index (χ1n) is 11.0. The smallest absolute Gasteiger partial charge is 0.243 e. The molecule has 6 nitrogen and oxygen atoms in total. The van der Waals surface area contributed by atoms with Crippen LogP contribution >= 0.6 is 0 Å². The third-order valence-electron chi connectivity index (χ3n) is 6.47. The van der Waals surface area contributed by atoms with Gasteiger partial charge >= 0.3 is 0 Å². The summed E-state index contributed by atoms with van der Waals surface area (Å²) in [6, 6.07) is 13.4. The highest BCUT2D eigenvalue weighted by Gasteiger charge is 2.31. The lowest BCUT2D eigenvalue weighted by Crippen LogP contribution is -2.53. The lowest BCUT2D eigenvalue weighted by atomic mass is 10.00. The quantitative estimate of drug-likeness (QED) is 0.733. The Balaban J connectivity index is 1.38. The average molecular weight is 430 g/mol. The van der Waals surface area contributed by atoms with Gasteiger partial charge in [0.25, 0.3) is 0 Å². The molecule has 30 heavy (non-hydrogen) atoms. The molecule has 2 aromatic carbocycles. The van der Waals surface area contributed by atoms with Gasteiger partial charge in [-0.15, -0.1) is 0 Å². The Bertz CT molecular complexity index is 1000. The van der Waals surface area contributed by atoms with E-state index >= 15 is 0 Å². The van der Waals surface area contributed by atoms with Gasteiger partial charge in [0.2, 0.25) is 15.9 Å². The number of carbonyl (C=O) groups excluding carboxylic acids is 1. The van der Waals surface area contributed by atoms with Crippen LogP contribution in [-0.2, 0) is 14.8 Å². The van der Waals surface area contributed by atoms with Crippen molar-refractivity contribution < 1.29 is 13.2 Å². The first kappa shape index (κ1) is 21.3. The minimum absolute atomic E-state index is 0.187. The summed E-state index contributed by atoms with van der Waals surface area (Å²) < 4.78 is 27.8. The predicted octanol–water partition coefficient (Wildman–Crippen LogP) is 2.94. The maximum absolute atomic E-state index is 13.1. The van der Waals surface area contributed by atoms with Gasteiger partial charge in [-0.2, -0.15) is 4.31 Å². The van der Waals surface area contributed by atoms with Crippen molar-refractivity contribution in [3.05, 3.63) is 42.5 Å². The van der Waals surface area contributed by atoms with Crippen molar-refractivity contribution in [2.75, 3.05) is 39.3 Å². The molecule has 1 amide bonds. The molecule has 2 heterocycles. The summed E-state index contributed by atoms with van der Waals surface area (Å²) >= 11 is 0. The zero-order chi connectivity index (χ0) is 21.1. The maximum atomic E-state index is 13.1. The highest BCUT2D eigenvalue weighted by molar-refractivity contribution is 7.89. The van der Waals surface area contributed by atoms with Crippen molar-refractivity contribution in [2.24, 2.45) is 0 Å². The number of fused-ring (bicyclic) bond motifs is 1. The summed E-state index contributed by atoms with van der Waals surface area (Å²) in [4.78, 5) is 17.3. The number of nitrogens with zero attached hydrogens (tertiary/aromatic N) is 3. The number of hydrogen-bond acceptors (Lipinski definition) is 4. The van der Waals surface area contributed by atoms with Crippen LogP contribution in [0.25, 0.3) is 10.8 Å². The number of rotatable bonds is 5. The van der Waals surface area contributed by atoms with Crippen molar-refractivity contribution >= 4 is 26.7 Å². The average Bonchev–Trinajstić information content (AvgIpc) is 2.79. The summed E-state index contributed by atoms with van der Waals surface area (Å²) in [5.41, 5.74) is 0. The minimum Gasteiger partial charge on any atom is -0.339 e. The Morgan fingerprint density at radius 1 is 0.967 bits per heavy atom. The predicted molar refractivity (Wildman–Crippen MR) is 119 cm³/mol. The molecule has 0 spiro atoms. The van der Waals surface area contributed by atoms with Crippen LogP contribution < -0.4 is 0 Å². The number of amides is 1. The van der Waals surface area contributed by atoms with Crippen LogP contribution in [0.2, 0.25) is 0 Å². The number of piperazine rings is 1. The molecule has 0 aliphatic carbocycles. The first-order valence-corrected chi connectivity index (χ1v) is 12.4. The van der Waals surface area contributed by atoms with Gasteiger partial charge in [0.1, 0.15) is 0 Å². The van der Waals surface area contributed by atoms with E-state index in [4.69, 9.17) is 0 Å². The van der Waals surface area contributed by atoms with Gasteiger partial charge in [0, 0.05) is 38.8 Å². The zero-order valence-corrected chi connectivity index (χ0v) is 18.5. The second-order valence-electron chi connectivity index (χ2n) is 8.33. The van der Waals surface area contributed by atoms with Crippen molar-refractivity contribution in [3.8, 4) is 0 Å². The molecule has 0 bridgehead atoms. The number of likely N-dealkylation sites (tertiary alicyclic amines) is 1. The third-order valence-corrected chi connectivity index (χ3v) is 8.36. The summed E-state index contributed by atoms with van der Waals surface area (Å²) in [5.74, 6) is 0.187. The Labute approximate surface area is 179 Å². The molecular weight excluding hydrogens is 398 g/mol. The summed E-state index contributed by atoms with van der Waals surface area (Å²) in [7, 11) is -3.53. The molecule has 0 saturated carbocycles. The molecule has 2 saturated heterocycles. The van der Waals surface area contributed by atoms with Gasteiger partial charge in [-0.1, -0.05) is 37.3 Å². The molecule has 7 heteroatoms. The second kappa shape index (κ2) is 9.04. The normalized spacial score (nSPS) is 21.8. The largest absolute Gasteiger partial charge is 0.339 e. The number of benzene rings is 2. The van der Waals surface area contributed by atoms with E-state index in [9.17, 15) is 13.2 Å². The third kappa shape index (κ3) is 4.38. The van der Waals surface area contributed by atoms with Gasteiger partial charge < -0.3 is 4.90 Å². The fourth-order valence-electron chi connectivity index (χ4n) is 4.64. The summed E-state index contributed by atoms with van der Waals surface area (Å²) in [6.45, 7) is 5.40. The molecular formula is C23H31N3O3S. The van der Waals surface area contributed by atoms with Crippen molar-refractivity contribution in [3.63, 3.8) is 0 Å². The molecule has 0 unspecified atom stereocenters. The van der Waals surface area contributed by atoms with Crippen LogP contribution in [0, 0.1) is 0 Å². The van der Waals surface area contributed by atoms with Gasteiger partial charge in [-0.25, -0.2) is 8.42 Å². The lowest BCUT2D eigenvalue weighted by Gasteiger charge is -2.38. The summed E-state index contributed by atoms with van der Waals surface area (Å²) in [5, 5.41) is 1.96. The standard InChI is InChI=1S/C23H31N3O3S/c1-2-21-9-5-6-12-26(21)23(27)18-24-13-15-25(16-14-24)30(28,29)22-11-10-19-7-3-4-8-20(19)17-22/h3-4,7-8,10-11,17,21H,2,5-6,9,12-16,18H2,1H3/t21-/m1/s1. The molecule has 0 aromatic heterocycles. The van der Waals surface area contributed by atoms with E-state index in [2.05, 4.69) is 11.8 Å². The van der Waals surface area contributed by atoms with Gasteiger partial charge in [0.05, 0.1) is 11.4 Å². The van der Waals surface area contributed by atoms with Crippen molar-refractivity contribution in [1.29, 1.82) is 0 Å². The van der Waals surface area contributed by atoms with Gasteiger partial charge in [0.15, 0.2) is 0 Å². The van der Waals surface area contributed by atoms with E-state index < -0.39 is 10.0 Å². The topological polar surface area (TPSA) is 60.9 Å². The first-order chi connectivity index (χ1) is 14.5. The molecule has 2 aromatic rings. The van der Waals surface area contributed by atoms with E-state index in [1.807, 2.05) is 35.2 Å². The molecule has 1 atom stereocenters. The Kier molecular flexibility index (Phi) is 6.41. The van der Waals surface area contributed by atoms with Crippen LogP contribution in [-0.4, -0.2) is 73.7 Å². The zero-order valence-electron chi connectivity index (χ0n) is 17.7. The van der Waals surface area contributed by atoms with Crippen LogP contribution in [0.1, 0.15) is 32.6 Å². The Morgan fingerprint density at radius 3 is 2.43 bits per heavy atom. The number of sulfonamides is 1. The molecule has 0 radical (unpaired) electrons. The maximum Gasteiger partial charge on any atom is 0.243 e. The molecule has 2 aliphatic heterocycles. The number of hydrogen-bond donors (Lipinski definition) is 0. The van der Waals surface area contributed by atoms with Gasteiger partial charge in [-0.05, 0) is 48.6 Å². The summed E-state index contributed by atoms with van der Waals surface area (Å²) in [6.07, 6.45) is 4.39. The van der Waals surface area contributed by atoms with Crippen LogP contribution in [0.4, 0.5) is 0 Å². The minimum atomic E-state index is -3.53. The van der Waals surface area contributed by atoms with Gasteiger partial charge in [-0.3, -0.25) is 9.69 Å². The highest BCUT2D eigenvalue weighted by Crippen LogP contribution is 2.23. The molecule has 2 aliphatic rings. The lowest BCUT2D eigenvalue weighted by molar-refractivity contribution is -0.136. The SMILES string of the molecule is CC[C@@H]1CCCCN1C(=O)CN1CCN(S(=O)(=O)c2ccc3ccccc3c2)CC1. The van der Waals surface area contributed by atoms with E-state index in [0.717, 1.165) is 36.6 Å². The fourth-order valence-corrected chi connectivity index (χ4v) is 6.10. The van der Waals surface area contributed by atoms with Crippen molar-refractivity contribution in [1.82, 2.24) is 14.1 Å². The molecule has 0 N–H and O–H groups in total. The number of carbonyl (C=O) groups is 1. The van der Waals surface area contributed by atoms with E-state index in [1.54, 1.807) is 16.4 Å². The monoisotopic (exact) mass is 429 g/mol. The Hall–Kier alpha value is -1.96. The van der Waals surface area contributed by atoms with Crippen LogP contribution in [0.3, 0.4) is 0 Å². The van der Waals surface area contributed by atoms with E-state index in [-0.39, 0.29) is 5.91 Å². The van der Waals surface area contributed by atoms with Crippen molar-refractivity contribution in [2.45, 2.75) is 43.5 Å². The fraction of sp³-hybridized carbons (Fsp3) is 0.522. The van der Waals surface area contributed by atoms with E-state index in [1.165, 1.54) is 6.42 Å². The Morgan fingerprint density at radius 2 is 1.70 bits per heavy atom. The molecule has 4 rings (SSSR count). The second-order valence-corrected chi connectivity index (χ2v) is 10.3. The highest BCUT2D eigenvalue weighted by atomic mass is 32.2.